The van der Waals surface area contributed by atoms with Gasteiger partial charge in [-0.25, -0.2) is 4.79 Å². The predicted molar refractivity (Wildman–Crippen MR) is 52.1 cm³/mol. The van der Waals surface area contributed by atoms with E-state index >= 15 is 0 Å². The maximum absolute atomic E-state index is 11.3. The van der Waals surface area contributed by atoms with E-state index in [1.165, 1.54) is 0 Å². The number of hydrogen-bond acceptors (Lipinski definition) is 2. The maximum atomic E-state index is 11.3. The first kappa shape index (κ1) is 9.45. The van der Waals surface area contributed by atoms with Gasteiger partial charge in [-0.15, -0.1) is 0 Å². The molecule has 0 saturated carbocycles. The molecular formula is C8H14N2OS. The highest BCUT2D eigenvalue weighted by molar-refractivity contribution is 7.81. The fraction of sp³-hybridized carbons (Fsp3) is 0.625. The van der Waals surface area contributed by atoms with Gasteiger partial charge in [0, 0.05) is 12.7 Å². The van der Waals surface area contributed by atoms with Crippen LogP contribution in [-0.4, -0.2) is 22.8 Å². The quantitative estimate of drug-likeness (QED) is 0.631. The Kier molecular flexibility index (Phi) is 3.03. The van der Waals surface area contributed by atoms with Gasteiger partial charge in [-0.2, -0.15) is 12.6 Å². The van der Waals surface area contributed by atoms with Crippen LogP contribution < -0.4 is 5.32 Å². The van der Waals surface area contributed by atoms with Gasteiger partial charge in [-0.05, 0) is 18.9 Å². The Balaban J connectivity index is 2.69. The second-order valence-electron chi connectivity index (χ2n) is 2.92. The minimum Gasteiger partial charge on any atom is -0.322 e. The molecular weight excluding hydrogens is 172 g/mol. The van der Waals surface area contributed by atoms with Crippen LogP contribution in [0.5, 0.6) is 0 Å². The summed E-state index contributed by atoms with van der Waals surface area (Å²) >= 11 is 4.20. The first-order valence-corrected chi connectivity index (χ1v) is 4.60. The molecule has 0 fully saturated rings. The first-order valence-electron chi connectivity index (χ1n) is 4.08. The zero-order chi connectivity index (χ0) is 9.14. The van der Waals surface area contributed by atoms with Crippen molar-refractivity contribution in [2.75, 3.05) is 6.54 Å². The molecule has 1 aliphatic rings. The molecule has 12 heavy (non-hydrogen) atoms. The van der Waals surface area contributed by atoms with E-state index in [1.807, 2.05) is 20.0 Å². The molecule has 0 spiro atoms. The summed E-state index contributed by atoms with van der Waals surface area (Å²) in [7, 11) is 0. The van der Waals surface area contributed by atoms with Crippen LogP contribution in [0.2, 0.25) is 0 Å². The molecule has 2 amide bonds. The molecule has 0 aliphatic carbocycles. The van der Waals surface area contributed by atoms with E-state index in [9.17, 15) is 4.79 Å². The lowest BCUT2D eigenvalue weighted by atomic mass is 10.2. The van der Waals surface area contributed by atoms with E-state index in [1.54, 1.807) is 4.90 Å². The number of nitrogens with zero attached hydrogens (tertiary/aromatic N) is 1. The van der Waals surface area contributed by atoms with Crippen LogP contribution in [0.25, 0.3) is 0 Å². The highest BCUT2D eigenvalue weighted by atomic mass is 32.1. The van der Waals surface area contributed by atoms with Gasteiger partial charge in [0.2, 0.25) is 0 Å². The Bertz CT molecular complexity index is 215. The van der Waals surface area contributed by atoms with Crippen LogP contribution in [0.4, 0.5) is 4.79 Å². The van der Waals surface area contributed by atoms with E-state index in [-0.39, 0.29) is 11.4 Å². The van der Waals surface area contributed by atoms with Crippen molar-refractivity contribution in [3.05, 3.63) is 11.8 Å². The summed E-state index contributed by atoms with van der Waals surface area (Å²) in [6, 6.07) is -0.0533. The number of urea groups is 1. The molecule has 0 saturated heterocycles. The number of carbonyl (C=O) groups is 1. The van der Waals surface area contributed by atoms with E-state index in [0.717, 1.165) is 18.5 Å². The number of carbonyl (C=O) groups excluding carboxylic acids is 1. The molecule has 0 aromatic carbocycles. The Hall–Kier alpha value is -0.640. The van der Waals surface area contributed by atoms with Crippen LogP contribution >= 0.6 is 12.6 Å². The van der Waals surface area contributed by atoms with Crippen molar-refractivity contribution in [3.63, 3.8) is 0 Å². The highest BCUT2D eigenvalue weighted by Crippen LogP contribution is 2.13. The van der Waals surface area contributed by atoms with Gasteiger partial charge in [0.05, 0.1) is 5.37 Å². The second-order valence-corrected chi connectivity index (χ2v) is 3.43. The number of nitrogens with one attached hydrogen (secondary N) is 1. The summed E-state index contributed by atoms with van der Waals surface area (Å²) in [6.07, 6.45) is 2.83. The molecule has 1 rings (SSSR count). The zero-order valence-electron chi connectivity index (χ0n) is 7.37. The van der Waals surface area contributed by atoms with Crippen LogP contribution in [0.1, 0.15) is 20.3 Å². The lowest BCUT2D eigenvalue weighted by Crippen LogP contribution is -2.45. The van der Waals surface area contributed by atoms with Crippen LogP contribution in [-0.2, 0) is 0 Å². The fourth-order valence-corrected chi connectivity index (χ4v) is 1.27. The summed E-state index contributed by atoms with van der Waals surface area (Å²) < 4.78 is 0. The van der Waals surface area contributed by atoms with Gasteiger partial charge < -0.3 is 10.2 Å². The standard InChI is InChI=1S/C8H14N2OS/c1-3-4-10-5-6(2)7(12)9-8(10)11/h5,7,12H,3-4H2,1-2H3,(H,9,11). The Morgan fingerprint density at radius 2 is 2.42 bits per heavy atom. The normalized spacial score (nSPS) is 23.6. The van der Waals surface area contributed by atoms with Gasteiger partial charge in [-0.1, -0.05) is 6.92 Å². The summed E-state index contributed by atoms with van der Waals surface area (Å²) in [5.41, 5.74) is 1.08. The average molecular weight is 186 g/mol. The lowest BCUT2D eigenvalue weighted by molar-refractivity contribution is 0.211. The summed E-state index contributed by atoms with van der Waals surface area (Å²) in [5, 5.41) is 2.63. The van der Waals surface area contributed by atoms with Crippen molar-refractivity contribution < 1.29 is 4.79 Å². The number of rotatable bonds is 2. The van der Waals surface area contributed by atoms with Gasteiger partial charge in [0.15, 0.2) is 0 Å². The van der Waals surface area contributed by atoms with Gasteiger partial charge in [0.25, 0.3) is 0 Å². The van der Waals surface area contributed by atoms with Gasteiger partial charge in [0.1, 0.15) is 0 Å². The summed E-state index contributed by atoms with van der Waals surface area (Å²) in [6.45, 7) is 4.77. The molecule has 4 heteroatoms. The fourth-order valence-electron chi connectivity index (χ4n) is 1.10. The number of hydrogen-bond donors (Lipinski definition) is 2. The molecule has 0 radical (unpaired) electrons. The van der Waals surface area contributed by atoms with E-state index in [0.29, 0.717) is 0 Å². The summed E-state index contributed by atoms with van der Waals surface area (Å²) in [4.78, 5) is 12.9. The molecule has 3 nitrogen and oxygen atoms in total. The van der Waals surface area contributed by atoms with Crippen molar-refractivity contribution >= 4 is 18.7 Å². The maximum Gasteiger partial charge on any atom is 0.322 e. The zero-order valence-corrected chi connectivity index (χ0v) is 8.27. The van der Waals surface area contributed by atoms with E-state index < -0.39 is 0 Å². The van der Waals surface area contributed by atoms with Gasteiger partial charge >= 0.3 is 6.03 Å². The van der Waals surface area contributed by atoms with E-state index in [2.05, 4.69) is 17.9 Å². The minimum absolute atomic E-state index is 0.0533. The van der Waals surface area contributed by atoms with Crippen LogP contribution in [0, 0.1) is 0 Å². The molecule has 1 unspecified atom stereocenters. The average Bonchev–Trinajstić information content (AvgIpc) is 2.01. The SMILES string of the molecule is CCCN1C=C(C)C(S)NC1=O. The molecule has 1 atom stereocenters. The Morgan fingerprint density at radius 1 is 1.75 bits per heavy atom. The molecule has 68 valence electrons. The summed E-state index contributed by atoms with van der Waals surface area (Å²) in [5.74, 6) is 0. The van der Waals surface area contributed by atoms with E-state index in [4.69, 9.17) is 0 Å². The van der Waals surface area contributed by atoms with Crippen LogP contribution in [0.15, 0.2) is 11.8 Å². The smallest absolute Gasteiger partial charge is 0.322 e. The van der Waals surface area contributed by atoms with Crippen molar-refractivity contribution in [2.45, 2.75) is 25.6 Å². The molecule has 0 aromatic rings. The van der Waals surface area contributed by atoms with Crippen molar-refractivity contribution in [1.82, 2.24) is 10.2 Å². The Labute approximate surface area is 78.2 Å². The molecule has 1 heterocycles. The topological polar surface area (TPSA) is 32.3 Å². The molecule has 0 bridgehead atoms. The minimum atomic E-state index is -0.120. The van der Waals surface area contributed by atoms with Crippen LogP contribution in [0.3, 0.4) is 0 Å². The van der Waals surface area contributed by atoms with Crippen molar-refractivity contribution in [3.8, 4) is 0 Å². The number of amides is 2. The van der Waals surface area contributed by atoms with Gasteiger partial charge in [-0.3, -0.25) is 0 Å². The lowest BCUT2D eigenvalue weighted by Gasteiger charge is -2.28. The van der Waals surface area contributed by atoms with Crippen molar-refractivity contribution in [2.24, 2.45) is 0 Å². The third kappa shape index (κ3) is 1.94. The predicted octanol–water partition coefficient (Wildman–Crippen LogP) is 1.58. The molecule has 1 aliphatic heterocycles. The largest absolute Gasteiger partial charge is 0.322 e. The van der Waals surface area contributed by atoms with Crippen molar-refractivity contribution in [1.29, 1.82) is 0 Å². The first-order chi connectivity index (χ1) is 5.65. The highest BCUT2D eigenvalue weighted by Gasteiger charge is 2.20. The second kappa shape index (κ2) is 3.85. The molecule has 0 aromatic heterocycles. The monoisotopic (exact) mass is 186 g/mol. The third-order valence-electron chi connectivity index (χ3n) is 1.78. The molecule has 1 N–H and O–H groups in total. The Morgan fingerprint density at radius 3 is 3.00 bits per heavy atom. The number of thiol groups is 1. The third-order valence-corrected chi connectivity index (χ3v) is 2.31.